The van der Waals surface area contributed by atoms with Gasteiger partial charge in [0.2, 0.25) is 0 Å². The van der Waals surface area contributed by atoms with Crippen LogP contribution in [0.1, 0.15) is 31.9 Å². The summed E-state index contributed by atoms with van der Waals surface area (Å²) in [4.78, 5) is 0.301. The van der Waals surface area contributed by atoms with Crippen molar-refractivity contribution < 1.29 is 13.2 Å². The Hall–Kier alpha value is -0.680. The van der Waals surface area contributed by atoms with E-state index in [0.29, 0.717) is 28.6 Å². The molecule has 5 heteroatoms. The van der Waals surface area contributed by atoms with E-state index in [4.69, 9.17) is 5.73 Å². The molecule has 1 unspecified atom stereocenters. The third kappa shape index (κ3) is 5.45. The lowest BCUT2D eigenvalue weighted by Crippen LogP contribution is -2.18. The maximum Gasteiger partial charge on any atom is 0.417 e. The lowest BCUT2D eigenvalue weighted by molar-refractivity contribution is -0.139. The van der Waals surface area contributed by atoms with Gasteiger partial charge in [-0.2, -0.15) is 13.2 Å². The van der Waals surface area contributed by atoms with Crippen LogP contribution >= 0.6 is 11.8 Å². The number of rotatable bonds is 5. The monoisotopic (exact) mass is 291 g/mol. The average molecular weight is 291 g/mol. The molecule has 0 aliphatic carbocycles. The molecule has 0 aromatic heterocycles. The summed E-state index contributed by atoms with van der Waals surface area (Å²) in [5.41, 5.74) is 5.72. The molecule has 0 aliphatic rings. The fraction of sp³-hybridized carbons (Fsp3) is 0.571. The Labute approximate surface area is 116 Å². The molecular weight excluding hydrogens is 271 g/mol. The van der Waals surface area contributed by atoms with Crippen molar-refractivity contribution in [2.75, 3.05) is 5.75 Å². The molecular formula is C14H20F3NS. The van der Waals surface area contributed by atoms with Crippen LogP contribution in [0, 0.1) is 5.92 Å². The van der Waals surface area contributed by atoms with Crippen molar-refractivity contribution >= 4 is 11.8 Å². The first kappa shape index (κ1) is 16.4. The first-order valence-electron chi connectivity index (χ1n) is 6.28. The van der Waals surface area contributed by atoms with Gasteiger partial charge >= 0.3 is 6.18 Å². The van der Waals surface area contributed by atoms with E-state index in [9.17, 15) is 13.2 Å². The molecule has 0 fully saturated rings. The van der Waals surface area contributed by atoms with Crippen LogP contribution in [0.15, 0.2) is 23.1 Å². The molecule has 0 radical (unpaired) electrons. The smallest absolute Gasteiger partial charge is 0.328 e. The third-order valence-corrected chi connectivity index (χ3v) is 3.98. The predicted octanol–water partition coefficient (Wildman–Crippen LogP) is 4.34. The number of halogens is 3. The second kappa shape index (κ2) is 6.66. The Morgan fingerprint density at radius 2 is 1.84 bits per heavy atom. The first-order chi connectivity index (χ1) is 8.70. The zero-order valence-corrected chi connectivity index (χ0v) is 12.2. The van der Waals surface area contributed by atoms with E-state index in [1.54, 1.807) is 19.1 Å². The Bertz CT molecular complexity index is 414. The normalized spacial score (nSPS) is 13.9. The SMILES string of the molecule is CC(C)CSc1ccc(CC(C)N)cc1C(F)(F)F. The van der Waals surface area contributed by atoms with Crippen LogP contribution in [0.5, 0.6) is 0 Å². The van der Waals surface area contributed by atoms with Gasteiger partial charge in [-0.15, -0.1) is 11.8 Å². The average Bonchev–Trinajstić information content (AvgIpc) is 2.25. The first-order valence-corrected chi connectivity index (χ1v) is 7.27. The van der Waals surface area contributed by atoms with Gasteiger partial charge in [0, 0.05) is 16.7 Å². The van der Waals surface area contributed by atoms with Crippen LogP contribution in [0.3, 0.4) is 0 Å². The molecule has 108 valence electrons. The highest BCUT2D eigenvalue weighted by molar-refractivity contribution is 7.99. The van der Waals surface area contributed by atoms with E-state index < -0.39 is 11.7 Å². The number of alkyl halides is 3. The summed E-state index contributed by atoms with van der Waals surface area (Å²) in [5.74, 6) is 1.03. The molecule has 0 amide bonds. The quantitative estimate of drug-likeness (QED) is 0.817. The molecule has 1 aromatic rings. The topological polar surface area (TPSA) is 26.0 Å². The third-order valence-electron chi connectivity index (χ3n) is 2.48. The van der Waals surface area contributed by atoms with Gasteiger partial charge in [0.1, 0.15) is 0 Å². The number of nitrogens with two attached hydrogens (primary N) is 1. The minimum atomic E-state index is -4.31. The molecule has 19 heavy (non-hydrogen) atoms. The predicted molar refractivity (Wildman–Crippen MR) is 74.4 cm³/mol. The minimum absolute atomic E-state index is 0.143. The summed E-state index contributed by atoms with van der Waals surface area (Å²) in [5, 5.41) is 0. The highest BCUT2D eigenvalue weighted by Crippen LogP contribution is 2.38. The van der Waals surface area contributed by atoms with Gasteiger partial charge in [-0.05, 0) is 37.0 Å². The van der Waals surface area contributed by atoms with Crippen molar-refractivity contribution in [3.05, 3.63) is 29.3 Å². The van der Waals surface area contributed by atoms with Gasteiger partial charge < -0.3 is 5.73 Å². The van der Waals surface area contributed by atoms with E-state index in [1.807, 2.05) is 13.8 Å². The lowest BCUT2D eigenvalue weighted by atomic mass is 10.0. The molecule has 0 saturated heterocycles. The standard InChI is InChI=1S/C14H20F3NS/c1-9(2)8-19-13-5-4-11(6-10(3)18)7-12(13)14(15,16)17/h4-5,7,9-10H,6,8,18H2,1-3H3. The van der Waals surface area contributed by atoms with Crippen molar-refractivity contribution in [3.8, 4) is 0 Å². The molecule has 0 saturated carbocycles. The largest absolute Gasteiger partial charge is 0.417 e. The summed E-state index contributed by atoms with van der Waals surface area (Å²) < 4.78 is 39.1. The Balaban J connectivity index is 3.03. The van der Waals surface area contributed by atoms with Crippen molar-refractivity contribution in [1.82, 2.24) is 0 Å². The second-order valence-corrected chi connectivity index (χ2v) is 6.28. The molecule has 0 aliphatic heterocycles. The Morgan fingerprint density at radius 1 is 1.21 bits per heavy atom. The summed E-state index contributed by atoms with van der Waals surface area (Å²) >= 11 is 1.26. The van der Waals surface area contributed by atoms with Gasteiger partial charge in [0.05, 0.1) is 5.56 Å². The zero-order chi connectivity index (χ0) is 14.6. The van der Waals surface area contributed by atoms with Crippen LogP contribution in [-0.2, 0) is 12.6 Å². The molecule has 1 aromatic carbocycles. The van der Waals surface area contributed by atoms with Crippen LogP contribution < -0.4 is 5.73 Å². The van der Waals surface area contributed by atoms with E-state index in [2.05, 4.69) is 0 Å². The van der Waals surface area contributed by atoms with Crippen molar-refractivity contribution in [2.24, 2.45) is 11.7 Å². The van der Waals surface area contributed by atoms with Crippen molar-refractivity contribution in [1.29, 1.82) is 0 Å². The summed E-state index contributed by atoms with van der Waals surface area (Å²) in [6, 6.07) is 4.39. The van der Waals surface area contributed by atoms with Gasteiger partial charge in [-0.1, -0.05) is 19.9 Å². The second-order valence-electron chi connectivity index (χ2n) is 5.21. The van der Waals surface area contributed by atoms with E-state index in [-0.39, 0.29) is 6.04 Å². The van der Waals surface area contributed by atoms with Crippen LogP contribution in [-0.4, -0.2) is 11.8 Å². The molecule has 1 rings (SSSR count). The van der Waals surface area contributed by atoms with Crippen LogP contribution in [0.4, 0.5) is 13.2 Å². The lowest BCUT2D eigenvalue weighted by Gasteiger charge is -2.15. The van der Waals surface area contributed by atoms with Crippen molar-refractivity contribution in [2.45, 2.75) is 44.3 Å². The maximum atomic E-state index is 13.0. The Kier molecular flexibility index (Phi) is 5.74. The molecule has 1 nitrogen and oxygen atoms in total. The van der Waals surface area contributed by atoms with Crippen LogP contribution in [0.2, 0.25) is 0 Å². The van der Waals surface area contributed by atoms with Crippen molar-refractivity contribution in [3.63, 3.8) is 0 Å². The molecule has 1 atom stereocenters. The fourth-order valence-electron chi connectivity index (χ4n) is 1.68. The van der Waals surface area contributed by atoms with Gasteiger partial charge in [0.15, 0.2) is 0 Å². The van der Waals surface area contributed by atoms with E-state index in [0.717, 1.165) is 0 Å². The minimum Gasteiger partial charge on any atom is -0.328 e. The summed E-state index contributed by atoms with van der Waals surface area (Å²) in [7, 11) is 0. The van der Waals surface area contributed by atoms with E-state index in [1.165, 1.54) is 17.8 Å². The maximum absolute atomic E-state index is 13.0. The molecule has 0 bridgehead atoms. The van der Waals surface area contributed by atoms with Gasteiger partial charge in [-0.3, -0.25) is 0 Å². The van der Waals surface area contributed by atoms with Gasteiger partial charge in [0.25, 0.3) is 0 Å². The van der Waals surface area contributed by atoms with Gasteiger partial charge in [-0.25, -0.2) is 0 Å². The summed E-state index contributed by atoms with van der Waals surface area (Å²) in [6.45, 7) is 5.77. The number of thioether (sulfide) groups is 1. The molecule has 0 heterocycles. The zero-order valence-electron chi connectivity index (χ0n) is 11.4. The van der Waals surface area contributed by atoms with Crippen LogP contribution in [0.25, 0.3) is 0 Å². The number of hydrogen-bond acceptors (Lipinski definition) is 2. The molecule has 2 N–H and O–H groups in total. The highest BCUT2D eigenvalue weighted by atomic mass is 32.2. The Morgan fingerprint density at radius 3 is 2.32 bits per heavy atom. The number of hydrogen-bond donors (Lipinski definition) is 1. The summed E-state index contributed by atoms with van der Waals surface area (Å²) in [6.07, 6.45) is -3.86. The molecule has 0 spiro atoms. The fourth-order valence-corrected chi connectivity index (χ4v) is 2.69. The van der Waals surface area contributed by atoms with E-state index >= 15 is 0 Å². The number of benzene rings is 1. The highest BCUT2D eigenvalue weighted by Gasteiger charge is 2.33.